The van der Waals surface area contributed by atoms with Crippen molar-refractivity contribution in [3.05, 3.63) is 35.0 Å². The molecule has 1 rings (SSSR count). The first-order valence-corrected chi connectivity index (χ1v) is 3.51. The quantitative estimate of drug-likeness (QED) is 0.563. The third-order valence-electron chi connectivity index (χ3n) is 1.19. The third kappa shape index (κ3) is 3.68. The SMILES string of the molecule is Cc1ccc(/C=C\[S-])cn1.[Ag+]. The van der Waals surface area contributed by atoms with Crippen LogP contribution >= 0.6 is 0 Å². The molecule has 0 aliphatic heterocycles. The maximum Gasteiger partial charge on any atom is 1.00 e. The van der Waals surface area contributed by atoms with Gasteiger partial charge in [-0.15, -0.1) is 0 Å². The second-order valence-corrected chi connectivity index (χ2v) is 2.31. The molecular formula is C8H8AgNS. The van der Waals surface area contributed by atoms with Crippen LogP contribution in [0.25, 0.3) is 6.08 Å². The van der Waals surface area contributed by atoms with Gasteiger partial charge in [-0.05, 0) is 18.6 Å². The van der Waals surface area contributed by atoms with E-state index in [1.54, 1.807) is 11.6 Å². The molecule has 3 heteroatoms. The van der Waals surface area contributed by atoms with Gasteiger partial charge in [0.15, 0.2) is 0 Å². The molecule has 1 aromatic heterocycles. The Morgan fingerprint density at radius 1 is 1.45 bits per heavy atom. The van der Waals surface area contributed by atoms with Crippen molar-refractivity contribution in [3.63, 3.8) is 0 Å². The number of rotatable bonds is 1. The summed E-state index contributed by atoms with van der Waals surface area (Å²) in [7, 11) is 0. The van der Waals surface area contributed by atoms with Crippen molar-refractivity contribution < 1.29 is 22.4 Å². The summed E-state index contributed by atoms with van der Waals surface area (Å²) < 4.78 is 0. The van der Waals surface area contributed by atoms with Crippen LogP contribution in [0, 0.1) is 6.92 Å². The van der Waals surface area contributed by atoms with E-state index in [0.717, 1.165) is 11.3 Å². The van der Waals surface area contributed by atoms with Crippen molar-refractivity contribution in [3.8, 4) is 0 Å². The molecule has 1 heterocycles. The summed E-state index contributed by atoms with van der Waals surface area (Å²) >= 11 is 4.66. The molecule has 0 aliphatic rings. The first-order valence-electron chi connectivity index (χ1n) is 3.04. The van der Waals surface area contributed by atoms with Gasteiger partial charge in [-0.1, -0.05) is 12.1 Å². The predicted molar refractivity (Wildman–Crippen MR) is 45.4 cm³/mol. The zero-order chi connectivity index (χ0) is 7.40. The Morgan fingerprint density at radius 3 is 2.64 bits per heavy atom. The van der Waals surface area contributed by atoms with E-state index in [4.69, 9.17) is 0 Å². The molecule has 0 amide bonds. The van der Waals surface area contributed by atoms with Crippen molar-refractivity contribution in [1.29, 1.82) is 0 Å². The van der Waals surface area contributed by atoms with Crippen LogP contribution in [-0.2, 0) is 35.0 Å². The van der Waals surface area contributed by atoms with Crippen LogP contribution in [-0.4, -0.2) is 4.98 Å². The van der Waals surface area contributed by atoms with Crippen molar-refractivity contribution >= 4 is 18.7 Å². The Hall–Kier alpha value is -0.150. The number of hydrogen-bond donors (Lipinski definition) is 0. The fraction of sp³-hybridized carbons (Fsp3) is 0.125. The van der Waals surface area contributed by atoms with Gasteiger partial charge >= 0.3 is 22.4 Å². The molecule has 0 fully saturated rings. The number of pyridine rings is 1. The average molecular weight is 258 g/mol. The van der Waals surface area contributed by atoms with Gasteiger partial charge in [0.25, 0.3) is 0 Å². The molecule has 1 aromatic rings. The van der Waals surface area contributed by atoms with Crippen molar-refractivity contribution in [1.82, 2.24) is 4.98 Å². The molecule has 62 valence electrons. The smallest absolute Gasteiger partial charge is 0.787 e. The standard InChI is InChI=1S/C8H9NS.Ag/c1-7-2-3-8(4-5-10)6-9-7;/h2-6,10H,1H3;/q;+1/p-1/b5-4-;. The summed E-state index contributed by atoms with van der Waals surface area (Å²) in [6.45, 7) is 1.96. The van der Waals surface area contributed by atoms with Crippen LogP contribution < -0.4 is 0 Å². The molecule has 0 spiro atoms. The largest absolute Gasteiger partial charge is 1.00 e. The van der Waals surface area contributed by atoms with Gasteiger partial charge in [0.1, 0.15) is 0 Å². The molecule has 0 aromatic carbocycles. The van der Waals surface area contributed by atoms with Crippen LogP contribution in [0.1, 0.15) is 11.3 Å². The molecule has 0 saturated carbocycles. The van der Waals surface area contributed by atoms with Crippen molar-refractivity contribution in [2.45, 2.75) is 6.92 Å². The number of hydrogen-bond acceptors (Lipinski definition) is 2. The molecular weight excluding hydrogens is 250 g/mol. The number of nitrogens with zero attached hydrogens (tertiary/aromatic N) is 1. The van der Waals surface area contributed by atoms with Crippen LogP contribution in [0.4, 0.5) is 0 Å². The first kappa shape index (κ1) is 10.9. The van der Waals surface area contributed by atoms with Crippen molar-refractivity contribution in [2.24, 2.45) is 0 Å². The molecule has 11 heavy (non-hydrogen) atoms. The molecule has 0 bridgehead atoms. The number of aromatic nitrogens is 1. The fourth-order valence-electron chi connectivity index (χ4n) is 0.656. The van der Waals surface area contributed by atoms with E-state index < -0.39 is 0 Å². The van der Waals surface area contributed by atoms with Crippen LogP contribution in [0.5, 0.6) is 0 Å². The Labute approximate surface area is 87.8 Å². The maximum absolute atomic E-state index is 4.66. The predicted octanol–water partition coefficient (Wildman–Crippen LogP) is 1.91. The van der Waals surface area contributed by atoms with Gasteiger partial charge in [-0.25, -0.2) is 5.41 Å². The molecule has 0 atom stereocenters. The molecule has 0 N–H and O–H groups in total. The normalized spacial score (nSPS) is 9.55. The summed E-state index contributed by atoms with van der Waals surface area (Å²) in [6, 6.07) is 3.95. The Kier molecular flexibility index (Phi) is 5.42. The van der Waals surface area contributed by atoms with E-state index in [2.05, 4.69) is 17.6 Å². The summed E-state index contributed by atoms with van der Waals surface area (Å²) in [5.41, 5.74) is 2.09. The Balaban J connectivity index is 0.000001000. The second-order valence-electron chi connectivity index (χ2n) is 2.04. The summed E-state index contributed by atoms with van der Waals surface area (Å²) in [6.07, 6.45) is 3.65. The first-order chi connectivity index (χ1) is 4.83. The molecule has 1 nitrogen and oxygen atoms in total. The monoisotopic (exact) mass is 257 g/mol. The Morgan fingerprint density at radius 2 is 2.18 bits per heavy atom. The molecule has 0 unspecified atom stereocenters. The zero-order valence-corrected chi connectivity index (χ0v) is 8.34. The minimum atomic E-state index is 0. The summed E-state index contributed by atoms with van der Waals surface area (Å²) in [5.74, 6) is 0. The number of aryl methyl sites for hydroxylation is 1. The van der Waals surface area contributed by atoms with E-state index >= 15 is 0 Å². The van der Waals surface area contributed by atoms with Gasteiger partial charge in [0.05, 0.1) is 0 Å². The van der Waals surface area contributed by atoms with Crippen LogP contribution in [0.3, 0.4) is 0 Å². The minimum Gasteiger partial charge on any atom is -0.787 e. The van der Waals surface area contributed by atoms with Crippen LogP contribution in [0.2, 0.25) is 0 Å². The minimum absolute atomic E-state index is 0. The van der Waals surface area contributed by atoms with Gasteiger partial charge in [0, 0.05) is 11.9 Å². The van der Waals surface area contributed by atoms with E-state index in [0.29, 0.717) is 0 Å². The summed E-state index contributed by atoms with van der Waals surface area (Å²) in [4.78, 5) is 4.10. The second kappa shape index (κ2) is 5.49. The average Bonchev–Trinajstić information content (AvgIpc) is 1.95. The Bertz CT molecular complexity index is 230. The van der Waals surface area contributed by atoms with Crippen LogP contribution in [0.15, 0.2) is 23.7 Å². The molecule has 0 saturated heterocycles. The van der Waals surface area contributed by atoms with E-state index in [-0.39, 0.29) is 22.4 Å². The maximum atomic E-state index is 4.66. The van der Waals surface area contributed by atoms with E-state index in [1.165, 1.54) is 0 Å². The zero-order valence-electron chi connectivity index (χ0n) is 6.04. The van der Waals surface area contributed by atoms with Crippen molar-refractivity contribution in [2.75, 3.05) is 0 Å². The topological polar surface area (TPSA) is 12.9 Å². The van der Waals surface area contributed by atoms with Gasteiger partial charge in [-0.3, -0.25) is 4.98 Å². The van der Waals surface area contributed by atoms with E-state index in [9.17, 15) is 0 Å². The van der Waals surface area contributed by atoms with E-state index in [1.807, 2.05) is 25.1 Å². The van der Waals surface area contributed by atoms with Gasteiger partial charge in [-0.2, -0.15) is 0 Å². The van der Waals surface area contributed by atoms with Gasteiger partial charge in [0.2, 0.25) is 0 Å². The van der Waals surface area contributed by atoms with Gasteiger partial charge < -0.3 is 12.6 Å². The fourth-order valence-corrected chi connectivity index (χ4v) is 0.814. The molecule has 0 aliphatic carbocycles. The molecule has 0 radical (unpaired) electrons. The summed E-state index contributed by atoms with van der Waals surface area (Å²) in [5, 5.41) is 1.59. The third-order valence-corrected chi connectivity index (χ3v) is 1.33.